The lowest BCUT2D eigenvalue weighted by molar-refractivity contribution is -0.133. The second-order valence-corrected chi connectivity index (χ2v) is 8.27. The first-order valence-electron chi connectivity index (χ1n) is 10.3. The summed E-state index contributed by atoms with van der Waals surface area (Å²) in [6.45, 7) is 9.43. The number of aldehydes is 1. The van der Waals surface area contributed by atoms with Crippen LogP contribution in [0.4, 0.5) is 0 Å². The molecule has 0 aromatic carbocycles. The van der Waals surface area contributed by atoms with Crippen molar-refractivity contribution in [3.63, 3.8) is 0 Å². The molecule has 0 spiro atoms. The van der Waals surface area contributed by atoms with Gasteiger partial charge in [-0.15, -0.1) is 0 Å². The van der Waals surface area contributed by atoms with Gasteiger partial charge >= 0.3 is 0 Å². The molecule has 10 nitrogen and oxygen atoms in total. The Balaban J connectivity index is 5.10. The number of amides is 3. The van der Waals surface area contributed by atoms with Crippen LogP contribution in [0, 0.1) is 11.8 Å². The summed E-state index contributed by atoms with van der Waals surface area (Å²) in [5.74, 6) is -0.909. The number of nitrogens with zero attached hydrogens (tertiary/aromatic N) is 1. The Bertz CT molecular complexity index is 602. The Morgan fingerprint density at radius 1 is 0.900 bits per heavy atom. The predicted molar refractivity (Wildman–Crippen MR) is 116 cm³/mol. The van der Waals surface area contributed by atoms with E-state index in [1.165, 1.54) is 6.92 Å². The molecule has 0 bridgehead atoms. The van der Waals surface area contributed by atoms with Gasteiger partial charge < -0.3 is 32.2 Å². The van der Waals surface area contributed by atoms with Crippen molar-refractivity contribution in [2.24, 2.45) is 28.3 Å². The van der Waals surface area contributed by atoms with Crippen molar-refractivity contribution < 1.29 is 19.2 Å². The molecule has 7 N–H and O–H groups in total. The zero-order valence-electron chi connectivity index (χ0n) is 18.7. The van der Waals surface area contributed by atoms with Crippen LogP contribution in [-0.4, -0.2) is 54.6 Å². The van der Waals surface area contributed by atoms with E-state index in [4.69, 9.17) is 11.5 Å². The summed E-state index contributed by atoms with van der Waals surface area (Å²) in [7, 11) is 0. The highest BCUT2D eigenvalue weighted by atomic mass is 16.2. The minimum Gasteiger partial charge on any atom is -0.370 e. The molecule has 10 heteroatoms. The van der Waals surface area contributed by atoms with Crippen LogP contribution in [-0.2, 0) is 19.2 Å². The molecule has 0 aliphatic rings. The van der Waals surface area contributed by atoms with E-state index in [9.17, 15) is 19.2 Å². The third-order valence-electron chi connectivity index (χ3n) is 4.20. The molecule has 0 aliphatic carbocycles. The average Bonchev–Trinajstić information content (AvgIpc) is 2.61. The molecule has 0 aromatic heterocycles. The number of hydrogen-bond acceptors (Lipinski definition) is 5. The van der Waals surface area contributed by atoms with Crippen molar-refractivity contribution in [1.82, 2.24) is 16.0 Å². The number of carbonyl (C=O) groups is 4. The zero-order valence-corrected chi connectivity index (χ0v) is 18.7. The van der Waals surface area contributed by atoms with Gasteiger partial charge in [-0.05, 0) is 37.5 Å². The van der Waals surface area contributed by atoms with Crippen LogP contribution in [0.25, 0.3) is 0 Å². The second kappa shape index (κ2) is 14.4. The van der Waals surface area contributed by atoms with Crippen LogP contribution in [0.15, 0.2) is 4.99 Å². The van der Waals surface area contributed by atoms with Gasteiger partial charge in [-0.2, -0.15) is 0 Å². The van der Waals surface area contributed by atoms with Gasteiger partial charge in [0.2, 0.25) is 17.7 Å². The lowest BCUT2D eigenvalue weighted by Gasteiger charge is -2.25. The fraction of sp³-hybridized carbons (Fsp3) is 0.750. The Morgan fingerprint density at radius 2 is 1.40 bits per heavy atom. The van der Waals surface area contributed by atoms with Gasteiger partial charge in [-0.1, -0.05) is 27.7 Å². The smallest absolute Gasteiger partial charge is 0.243 e. The maximum atomic E-state index is 12.8. The molecule has 0 saturated heterocycles. The Hall–Kier alpha value is -2.65. The minimum atomic E-state index is -0.818. The summed E-state index contributed by atoms with van der Waals surface area (Å²) >= 11 is 0. The van der Waals surface area contributed by atoms with E-state index in [0.717, 1.165) is 0 Å². The molecule has 0 heterocycles. The molecule has 0 saturated carbocycles. The summed E-state index contributed by atoms with van der Waals surface area (Å²) in [5, 5.41) is 8.03. The highest BCUT2D eigenvalue weighted by molar-refractivity contribution is 5.92. The van der Waals surface area contributed by atoms with Gasteiger partial charge in [0, 0.05) is 13.5 Å². The molecule has 3 amide bonds. The number of rotatable bonds is 14. The van der Waals surface area contributed by atoms with Crippen LogP contribution in [0.1, 0.15) is 60.3 Å². The molecule has 172 valence electrons. The van der Waals surface area contributed by atoms with Crippen molar-refractivity contribution >= 4 is 30.0 Å². The van der Waals surface area contributed by atoms with E-state index in [-0.39, 0.29) is 23.7 Å². The first-order chi connectivity index (χ1) is 14.0. The topological polar surface area (TPSA) is 169 Å². The largest absolute Gasteiger partial charge is 0.370 e. The normalized spacial score (nSPS) is 13.8. The number of carbonyl (C=O) groups excluding carboxylic acids is 4. The van der Waals surface area contributed by atoms with Crippen LogP contribution in [0.5, 0.6) is 0 Å². The van der Waals surface area contributed by atoms with Crippen molar-refractivity contribution in [3.8, 4) is 0 Å². The Kier molecular flexibility index (Phi) is 13.1. The maximum absolute atomic E-state index is 12.8. The van der Waals surface area contributed by atoms with E-state index in [2.05, 4.69) is 20.9 Å². The summed E-state index contributed by atoms with van der Waals surface area (Å²) < 4.78 is 0. The van der Waals surface area contributed by atoms with Crippen molar-refractivity contribution in [2.45, 2.75) is 78.4 Å². The monoisotopic (exact) mass is 426 g/mol. The number of hydrogen-bond donors (Lipinski definition) is 5. The highest BCUT2D eigenvalue weighted by Gasteiger charge is 2.28. The lowest BCUT2D eigenvalue weighted by atomic mass is 9.99. The van der Waals surface area contributed by atoms with Crippen LogP contribution >= 0.6 is 0 Å². The van der Waals surface area contributed by atoms with Gasteiger partial charge in [0.05, 0.1) is 6.04 Å². The Morgan fingerprint density at radius 3 is 1.83 bits per heavy atom. The average molecular weight is 427 g/mol. The van der Waals surface area contributed by atoms with Crippen LogP contribution in [0.3, 0.4) is 0 Å². The summed E-state index contributed by atoms with van der Waals surface area (Å²) in [6, 6.07) is -2.26. The van der Waals surface area contributed by atoms with E-state index < -0.39 is 29.9 Å². The third-order valence-corrected chi connectivity index (χ3v) is 4.20. The van der Waals surface area contributed by atoms with Gasteiger partial charge in [0.15, 0.2) is 5.96 Å². The van der Waals surface area contributed by atoms with Gasteiger partial charge in [-0.3, -0.25) is 19.4 Å². The van der Waals surface area contributed by atoms with Crippen molar-refractivity contribution in [1.29, 1.82) is 0 Å². The molecular weight excluding hydrogens is 388 g/mol. The molecule has 3 atom stereocenters. The lowest BCUT2D eigenvalue weighted by Crippen LogP contribution is -2.55. The van der Waals surface area contributed by atoms with Crippen LogP contribution in [0.2, 0.25) is 0 Å². The van der Waals surface area contributed by atoms with Gasteiger partial charge in [0.1, 0.15) is 18.4 Å². The van der Waals surface area contributed by atoms with E-state index in [0.29, 0.717) is 38.5 Å². The number of nitrogens with two attached hydrogens (primary N) is 2. The quantitative estimate of drug-likeness (QED) is 0.112. The Labute approximate surface area is 179 Å². The number of aliphatic imine (C=N–C) groups is 1. The SMILES string of the molecule is CC(=O)N[C@@H](CC(C)C)C(=O)N[C@H](CC(C)C)C(=O)N[C@H](C=O)CCCN=C(N)N. The fourth-order valence-electron chi connectivity index (χ4n) is 2.90. The number of guanidine groups is 1. The molecular formula is C20H38N6O4. The first-order valence-corrected chi connectivity index (χ1v) is 10.3. The molecule has 0 rings (SSSR count). The second-order valence-electron chi connectivity index (χ2n) is 8.27. The number of nitrogens with one attached hydrogen (secondary N) is 3. The predicted octanol–water partition coefficient (Wildman–Crippen LogP) is -0.195. The first kappa shape index (κ1) is 27.4. The molecule has 0 unspecified atom stereocenters. The van der Waals surface area contributed by atoms with E-state index >= 15 is 0 Å². The van der Waals surface area contributed by atoms with E-state index in [1.807, 2.05) is 27.7 Å². The minimum absolute atomic E-state index is 0.0310. The maximum Gasteiger partial charge on any atom is 0.243 e. The summed E-state index contributed by atoms with van der Waals surface area (Å²) in [4.78, 5) is 52.1. The molecule has 30 heavy (non-hydrogen) atoms. The standard InChI is InChI=1S/C20H38N6O4/c1-12(2)9-16(24-14(5)28)19(30)26-17(10-13(3)4)18(29)25-15(11-27)7-6-8-23-20(21)22/h11-13,15-17H,6-10H2,1-5H3,(H,24,28)(H,25,29)(H,26,30)(H4,21,22,23)/t15-,16-,17+/m0/s1. The molecule has 0 radical (unpaired) electrons. The van der Waals surface area contributed by atoms with Crippen LogP contribution < -0.4 is 27.4 Å². The summed E-state index contributed by atoms with van der Waals surface area (Å²) in [6.07, 6.45) is 2.38. The molecule has 0 aliphatic heterocycles. The molecule has 0 fully saturated rings. The van der Waals surface area contributed by atoms with Crippen molar-refractivity contribution in [3.05, 3.63) is 0 Å². The van der Waals surface area contributed by atoms with E-state index in [1.54, 1.807) is 0 Å². The summed E-state index contributed by atoms with van der Waals surface area (Å²) in [5.41, 5.74) is 10.5. The van der Waals surface area contributed by atoms with Gasteiger partial charge in [-0.25, -0.2) is 0 Å². The van der Waals surface area contributed by atoms with Crippen molar-refractivity contribution in [2.75, 3.05) is 6.54 Å². The highest BCUT2D eigenvalue weighted by Crippen LogP contribution is 2.09. The van der Waals surface area contributed by atoms with Gasteiger partial charge in [0.25, 0.3) is 0 Å². The molecule has 0 aromatic rings. The zero-order chi connectivity index (χ0) is 23.3. The fourth-order valence-corrected chi connectivity index (χ4v) is 2.90. The third kappa shape index (κ3) is 12.7.